The van der Waals surface area contributed by atoms with Gasteiger partial charge in [0.1, 0.15) is 0 Å². The summed E-state index contributed by atoms with van der Waals surface area (Å²) in [5, 5.41) is 19.1. The Morgan fingerprint density at radius 3 is 2.29 bits per heavy atom. The number of aromatic hydroxyl groups is 1. The Labute approximate surface area is 101 Å². The number of benzene rings is 1. The summed E-state index contributed by atoms with van der Waals surface area (Å²) in [5.41, 5.74) is 1.27. The maximum Gasteiger partial charge on any atom is 0.310 e. The number of carboxylic acid groups (broad SMARTS) is 1. The van der Waals surface area contributed by atoms with E-state index in [1.54, 1.807) is 19.1 Å². The van der Waals surface area contributed by atoms with Crippen LogP contribution in [0.25, 0.3) is 0 Å². The molecule has 0 aromatic heterocycles. The van der Waals surface area contributed by atoms with Crippen molar-refractivity contribution in [3.8, 4) is 11.5 Å². The topological polar surface area (TPSA) is 66.8 Å². The van der Waals surface area contributed by atoms with Crippen molar-refractivity contribution in [3.63, 3.8) is 0 Å². The van der Waals surface area contributed by atoms with Crippen molar-refractivity contribution < 1.29 is 19.7 Å². The van der Waals surface area contributed by atoms with E-state index in [1.807, 2.05) is 13.8 Å². The lowest BCUT2D eigenvalue weighted by Crippen LogP contribution is -2.11. The second-order valence-corrected chi connectivity index (χ2v) is 4.33. The van der Waals surface area contributed by atoms with E-state index >= 15 is 0 Å². The Bertz CT molecular complexity index is 424. The van der Waals surface area contributed by atoms with Gasteiger partial charge >= 0.3 is 5.97 Å². The zero-order valence-corrected chi connectivity index (χ0v) is 10.5. The standard InChI is InChI=1S/C13H18O4/c1-7(2)9-5-6-10(17-4)12(14)11(9)8(3)13(15)16/h5-8,14H,1-4H3,(H,15,16). The molecule has 0 heterocycles. The number of hydrogen-bond acceptors (Lipinski definition) is 3. The van der Waals surface area contributed by atoms with Gasteiger partial charge < -0.3 is 14.9 Å². The van der Waals surface area contributed by atoms with Crippen LogP contribution in [0.3, 0.4) is 0 Å². The van der Waals surface area contributed by atoms with Crippen LogP contribution in [0.4, 0.5) is 0 Å². The van der Waals surface area contributed by atoms with Crippen molar-refractivity contribution in [1.29, 1.82) is 0 Å². The molecule has 1 atom stereocenters. The molecule has 2 N–H and O–H groups in total. The van der Waals surface area contributed by atoms with Crippen molar-refractivity contribution >= 4 is 5.97 Å². The number of aliphatic carboxylic acids is 1. The van der Waals surface area contributed by atoms with Crippen molar-refractivity contribution in [2.45, 2.75) is 32.6 Å². The third-order valence-electron chi connectivity index (χ3n) is 2.86. The van der Waals surface area contributed by atoms with Gasteiger partial charge in [-0.1, -0.05) is 19.9 Å². The summed E-state index contributed by atoms with van der Waals surface area (Å²) in [5.74, 6) is -1.35. The average molecular weight is 238 g/mol. The molecule has 1 unspecified atom stereocenters. The fraction of sp³-hybridized carbons (Fsp3) is 0.462. The van der Waals surface area contributed by atoms with Crippen LogP contribution in [-0.4, -0.2) is 23.3 Å². The summed E-state index contributed by atoms with van der Waals surface area (Å²) in [6, 6.07) is 3.46. The number of phenolic OH excluding ortho intramolecular Hbond substituents is 1. The minimum Gasteiger partial charge on any atom is -0.504 e. The van der Waals surface area contributed by atoms with E-state index in [0.29, 0.717) is 11.3 Å². The predicted molar refractivity (Wildman–Crippen MR) is 64.8 cm³/mol. The molecule has 0 aliphatic heterocycles. The first-order valence-corrected chi connectivity index (χ1v) is 5.52. The molecule has 0 amide bonds. The monoisotopic (exact) mass is 238 g/mol. The van der Waals surface area contributed by atoms with Crippen LogP contribution in [0.5, 0.6) is 11.5 Å². The second-order valence-electron chi connectivity index (χ2n) is 4.33. The van der Waals surface area contributed by atoms with Gasteiger partial charge in [-0.3, -0.25) is 4.79 Å². The van der Waals surface area contributed by atoms with Gasteiger partial charge in [0.05, 0.1) is 13.0 Å². The molecule has 0 saturated heterocycles. The Balaban J connectivity index is 3.45. The molecule has 0 radical (unpaired) electrons. The van der Waals surface area contributed by atoms with Gasteiger partial charge in [-0.25, -0.2) is 0 Å². The fourth-order valence-corrected chi connectivity index (χ4v) is 1.85. The SMILES string of the molecule is COc1ccc(C(C)C)c(C(C)C(=O)O)c1O. The molecule has 17 heavy (non-hydrogen) atoms. The van der Waals surface area contributed by atoms with Gasteiger partial charge in [0.15, 0.2) is 11.5 Å². The average Bonchev–Trinajstić information content (AvgIpc) is 2.27. The Morgan fingerprint density at radius 2 is 1.88 bits per heavy atom. The lowest BCUT2D eigenvalue weighted by Gasteiger charge is -2.19. The summed E-state index contributed by atoms with van der Waals surface area (Å²) < 4.78 is 5.01. The summed E-state index contributed by atoms with van der Waals surface area (Å²) in [6.07, 6.45) is 0. The number of hydrogen-bond donors (Lipinski definition) is 2. The number of methoxy groups -OCH3 is 1. The van der Waals surface area contributed by atoms with Crippen LogP contribution in [0, 0.1) is 0 Å². The van der Waals surface area contributed by atoms with Crippen LogP contribution < -0.4 is 4.74 Å². The van der Waals surface area contributed by atoms with Gasteiger partial charge in [0.25, 0.3) is 0 Å². The molecule has 0 saturated carbocycles. The Kier molecular flexibility index (Phi) is 3.99. The number of carbonyl (C=O) groups is 1. The molecule has 0 aliphatic rings. The molecule has 4 nitrogen and oxygen atoms in total. The highest BCUT2D eigenvalue weighted by molar-refractivity contribution is 5.78. The summed E-state index contributed by atoms with van der Waals surface area (Å²) in [6.45, 7) is 5.47. The van der Waals surface area contributed by atoms with Crippen molar-refractivity contribution in [3.05, 3.63) is 23.3 Å². The molecule has 0 fully saturated rings. The number of ether oxygens (including phenoxy) is 1. The zero-order valence-electron chi connectivity index (χ0n) is 10.5. The minimum atomic E-state index is -0.963. The molecule has 0 bridgehead atoms. The fourth-order valence-electron chi connectivity index (χ4n) is 1.85. The molecule has 4 heteroatoms. The maximum atomic E-state index is 11.1. The molecule has 1 rings (SSSR count). The summed E-state index contributed by atoms with van der Waals surface area (Å²) in [7, 11) is 1.44. The van der Waals surface area contributed by atoms with E-state index in [9.17, 15) is 9.90 Å². The first-order valence-electron chi connectivity index (χ1n) is 5.52. The van der Waals surface area contributed by atoms with E-state index in [-0.39, 0.29) is 11.7 Å². The predicted octanol–water partition coefficient (Wildman–Crippen LogP) is 2.71. The molecule has 1 aromatic carbocycles. The number of phenols is 1. The van der Waals surface area contributed by atoms with Gasteiger partial charge in [-0.2, -0.15) is 0 Å². The van der Waals surface area contributed by atoms with E-state index < -0.39 is 11.9 Å². The Morgan fingerprint density at radius 1 is 1.29 bits per heavy atom. The normalized spacial score (nSPS) is 12.5. The molecule has 1 aromatic rings. The molecule has 0 aliphatic carbocycles. The van der Waals surface area contributed by atoms with Crippen molar-refractivity contribution in [2.24, 2.45) is 0 Å². The van der Waals surface area contributed by atoms with Crippen molar-refractivity contribution in [2.75, 3.05) is 7.11 Å². The lowest BCUT2D eigenvalue weighted by molar-refractivity contribution is -0.138. The van der Waals surface area contributed by atoms with E-state index in [1.165, 1.54) is 7.11 Å². The van der Waals surface area contributed by atoms with Crippen LogP contribution in [0.15, 0.2) is 12.1 Å². The highest BCUT2D eigenvalue weighted by atomic mass is 16.5. The Hall–Kier alpha value is -1.71. The third-order valence-corrected chi connectivity index (χ3v) is 2.86. The van der Waals surface area contributed by atoms with Crippen LogP contribution in [0.1, 0.15) is 43.7 Å². The van der Waals surface area contributed by atoms with E-state index in [4.69, 9.17) is 9.84 Å². The second kappa shape index (κ2) is 5.08. The summed E-state index contributed by atoms with van der Waals surface area (Å²) >= 11 is 0. The smallest absolute Gasteiger partial charge is 0.310 e. The molecule has 0 spiro atoms. The quantitative estimate of drug-likeness (QED) is 0.846. The highest BCUT2D eigenvalue weighted by Gasteiger charge is 2.24. The molecular formula is C13H18O4. The summed E-state index contributed by atoms with van der Waals surface area (Å²) in [4.78, 5) is 11.1. The lowest BCUT2D eigenvalue weighted by atomic mass is 9.88. The zero-order chi connectivity index (χ0) is 13.2. The molecular weight excluding hydrogens is 220 g/mol. The van der Waals surface area contributed by atoms with Gasteiger partial charge in [-0.05, 0) is 24.5 Å². The van der Waals surface area contributed by atoms with E-state index in [2.05, 4.69) is 0 Å². The first-order chi connectivity index (χ1) is 7.90. The maximum absolute atomic E-state index is 11.1. The number of carboxylic acids is 1. The molecule has 94 valence electrons. The third kappa shape index (κ3) is 2.52. The minimum absolute atomic E-state index is 0.0754. The van der Waals surface area contributed by atoms with Crippen LogP contribution in [0.2, 0.25) is 0 Å². The van der Waals surface area contributed by atoms with Crippen molar-refractivity contribution in [1.82, 2.24) is 0 Å². The van der Waals surface area contributed by atoms with Gasteiger partial charge in [-0.15, -0.1) is 0 Å². The first kappa shape index (κ1) is 13.4. The highest BCUT2D eigenvalue weighted by Crippen LogP contribution is 2.39. The van der Waals surface area contributed by atoms with E-state index in [0.717, 1.165) is 5.56 Å². The van der Waals surface area contributed by atoms with Crippen LogP contribution >= 0.6 is 0 Å². The van der Waals surface area contributed by atoms with Gasteiger partial charge in [0, 0.05) is 5.56 Å². The largest absolute Gasteiger partial charge is 0.504 e. The van der Waals surface area contributed by atoms with Crippen LogP contribution in [-0.2, 0) is 4.79 Å². The number of rotatable bonds is 4. The van der Waals surface area contributed by atoms with Gasteiger partial charge in [0.2, 0.25) is 0 Å².